The van der Waals surface area contributed by atoms with Crippen molar-refractivity contribution >= 4 is 38.7 Å². The zero-order valence-electron chi connectivity index (χ0n) is 15.5. The SMILES string of the molecule is CC(C)c1ccc(NC(=O)Cn2c(Br)nc3c(=O)n(C)c(=O)n(C)c32)cc1. The largest absolute Gasteiger partial charge is 0.332 e. The molecule has 9 heteroatoms. The molecule has 0 aliphatic heterocycles. The van der Waals surface area contributed by atoms with E-state index in [-0.39, 0.29) is 18.0 Å². The highest BCUT2D eigenvalue weighted by atomic mass is 79.9. The van der Waals surface area contributed by atoms with Crippen LogP contribution >= 0.6 is 15.9 Å². The molecule has 0 fully saturated rings. The molecular formula is C18H20BrN5O3. The Labute approximate surface area is 163 Å². The van der Waals surface area contributed by atoms with E-state index in [2.05, 4.69) is 40.1 Å². The van der Waals surface area contributed by atoms with Gasteiger partial charge < -0.3 is 5.32 Å². The second kappa shape index (κ2) is 7.15. The average molecular weight is 434 g/mol. The summed E-state index contributed by atoms with van der Waals surface area (Å²) >= 11 is 3.27. The molecule has 1 amide bonds. The van der Waals surface area contributed by atoms with Crippen LogP contribution in [0.4, 0.5) is 5.69 Å². The van der Waals surface area contributed by atoms with Crippen molar-refractivity contribution < 1.29 is 4.79 Å². The van der Waals surface area contributed by atoms with Gasteiger partial charge in [-0.05, 0) is 39.5 Å². The van der Waals surface area contributed by atoms with E-state index >= 15 is 0 Å². The number of halogens is 1. The summed E-state index contributed by atoms with van der Waals surface area (Å²) in [4.78, 5) is 41.1. The number of aryl methyl sites for hydroxylation is 1. The van der Waals surface area contributed by atoms with Crippen LogP contribution < -0.4 is 16.6 Å². The van der Waals surface area contributed by atoms with Crippen molar-refractivity contribution in [2.75, 3.05) is 5.32 Å². The second-order valence-corrected chi connectivity index (χ2v) is 7.38. The number of anilines is 1. The van der Waals surface area contributed by atoms with Crippen molar-refractivity contribution in [2.45, 2.75) is 26.3 Å². The van der Waals surface area contributed by atoms with Gasteiger partial charge in [0, 0.05) is 19.8 Å². The predicted molar refractivity (Wildman–Crippen MR) is 107 cm³/mol. The first-order chi connectivity index (χ1) is 12.7. The number of carbonyl (C=O) groups is 1. The van der Waals surface area contributed by atoms with Gasteiger partial charge in [-0.1, -0.05) is 26.0 Å². The molecule has 0 saturated heterocycles. The number of nitrogens with one attached hydrogen (secondary N) is 1. The van der Waals surface area contributed by atoms with E-state index in [1.165, 1.54) is 28.8 Å². The number of amides is 1. The molecule has 8 nitrogen and oxygen atoms in total. The smallest absolute Gasteiger partial charge is 0.325 e. The standard InChI is InChI=1S/C18H20BrN5O3/c1-10(2)11-5-7-12(8-6-11)20-13(25)9-24-15-14(21-17(24)19)16(26)23(4)18(27)22(15)3/h5-8,10H,9H2,1-4H3,(H,20,25). The van der Waals surface area contributed by atoms with Crippen LogP contribution in [0.5, 0.6) is 0 Å². The fourth-order valence-corrected chi connectivity index (χ4v) is 3.37. The van der Waals surface area contributed by atoms with E-state index in [0.29, 0.717) is 22.0 Å². The normalized spacial score (nSPS) is 11.3. The number of hydrogen-bond acceptors (Lipinski definition) is 4. The Hall–Kier alpha value is -2.68. The first kappa shape index (κ1) is 19.1. The van der Waals surface area contributed by atoms with E-state index < -0.39 is 11.2 Å². The maximum Gasteiger partial charge on any atom is 0.332 e. The molecule has 0 unspecified atom stereocenters. The van der Waals surface area contributed by atoms with Crippen LogP contribution in [-0.4, -0.2) is 24.6 Å². The first-order valence-corrected chi connectivity index (χ1v) is 9.21. The second-order valence-electron chi connectivity index (χ2n) is 6.67. The van der Waals surface area contributed by atoms with Gasteiger partial charge in [-0.3, -0.25) is 23.3 Å². The summed E-state index contributed by atoms with van der Waals surface area (Å²) in [6.07, 6.45) is 0. The van der Waals surface area contributed by atoms with Crippen LogP contribution in [0.25, 0.3) is 11.2 Å². The van der Waals surface area contributed by atoms with E-state index in [1.54, 1.807) is 0 Å². The Bertz CT molecular complexity index is 1140. The van der Waals surface area contributed by atoms with E-state index in [4.69, 9.17) is 0 Å². The molecule has 3 aromatic rings. The van der Waals surface area contributed by atoms with Gasteiger partial charge >= 0.3 is 5.69 Å². The van der Waals surface area contributed by atoms with Gasteiger partial charge in [0.1, 0.15) is 6.54 Å². The van der Waals surface area contributed by atoms with Gasteiger partial charge in [0.25, 0.3) is 5.56 Å². The highest BCUT2D eigenvalue weighted by Gasteiger charge is 2.19. The number of rotatable bonds is 4. The molecule has 2 aromatic heterocycles. The van der Waals surface area contributed by atoms with Crippen LogP contribution in [0.15, 0.2) is 38.6 Å². The number of hydrogen-bond donors (Lipinski definition) is 1. The molecule has 142 valence electrons. The monoisotopic (exact) mass is 433 g/mol. The summed E-state index contributed by atoms with van der Waals surface area (Å²) in [5, 5.41) is 2.82. The molecule has 0 saturated carbocycles. The van der Waals surface area contributed by atoms with E-state index in [0.717, 1.165) is 4.57 Å². The van der Waals surface area contributed by atoms with Crippen LogP contribution in [-0.2, 0) is 25.4 Å². The first-order valence-electron chi connectivity index (χ1n) is 8.42. The molecule has 0 aliphatic carbocycles. The molecule has 1 N–H and O–H groups in total. The minimum atomic E-state index is -0.503. The Balaban J connectivity index is 1.92. The number of imidazole rings is 1. The molecule has 0 bridgehead atoms. The maximum absolute atomic E-state index is 12.5. The van der Waals surface area contributed by atoms with Gasteiger partial charge in [0.2, 0.25) is 5.91 Å². The third-order valence-corrected chi connectivity index (χ3v) is 5.06. The maximum atomic E-state index is 12.5. The predicted octanol–water partition coefficient (Wildman–Crippen LogP) is 1.96. The van der Waals surface area contributed by atoms with Crippen molar-refractivity contribution in [2.24, 2.45) is 14.1 Å². The minimum Gasteiger partial charge on any atom is -0.325 e. The van der Waals surface area contributed by atoms with Crippen LogP contribution in [0.1, 0.15) is 25.3 Å². The van der Waals surface area contributed by atoms with Crippen molar-refractivity contribution in [3.05, 3.63) is 55.4 Å². The zero-order chi connectivity index (χ0) is 19.9. The van der Waals surface area contributed by atoms with Gasteiger partial charge in [0.05, 0.1) is 0 Å². The molecular weight excluding hydrogens is 414 g/mol. The quantitative estimate of drug-likeness (QED) is 0.636. The molecule has 3 rings (SSSR count). The minimum absolute atomic E-state index is 0.0938. The lowest BCUT2D eigenvalue weighted by molar-refractivity contribution is -0.116. The average Bonchev–Trinajstić information content (AvgIpc) is 2.95. The Morgan fingerprint density at radius 1 is 1.15 bits per heavy atom. The van der Waals surface area contributed by atoms with Gasteiger partial charge in [-0.15, -0.1) is 0 Å². The van der Waals surface area contributed by atoms with Crippen LogP contribution in [0.3, 0.4) is 0 Å². The van der Waals surface area contributed by atoms with E-state index in [9.17, 15) is 14.4 Å². The summed E-state index contributed by atoms with van der Waals surface area (Å²) in [5.74, 6) is 0.118. The molecule has 2 heterocycles. The number of nitrogens with zero attached hydrogens (tertiary/aromatic N) is 4. The van der Waals surface area contributed by atoms with Crippen molar-refractivity contribution in [3.8, 4) is 0 Å². The number of aromatic nitrogens is 4. The molecule has 0 radical (unpaired) electrons. The highest BCUT2D eigenvalue weighted by molar-refractivity contribution is 9.10. The third-order valence-electron chi connectivity index (χ3n) is 4.46. The Morgan fingerprint density at radius 3 is 2.37 bits per heavy atom. The summed E-state index contributed by atoms with van der Waals surface area (Å²) in [6.45, 7) is 4.11. The van der Waals surface area contributed by atoms with Crippen molar-refractivity contribution in [1.29, 1.82) is 0 Å². The van der Waals surface area contributed by atoms with Crippen molar-refractivity contribution in [1.82, 2.24) is 18.7 Å². The van der Waals surface area contributed by atoms with Crippen LogP contribution in [0, 0.1) is 0 Å². The molecule has 0 aliphatic rings. The lowest BCUT2D eigenvalue weighted by atomic mass is 10.0. The summed E-state index contributed by atoms with van der Waals surface area (Å²) in [7, 11) is 2.93. The summed E-state index contributed by atoms with van der Waals surface area (Å²) < 4.78 is 4.10. The third kappa shape index (κ3) is 3.46. The lowest BCUT2D eigenvalue weighted by Gasteiger charge is -2.11. The fourth-order valence-electron chi connectivity index (χ4n) is 2.90. The molecule has 1 aromatic carbocycles. The number of benzene rings is 1. The number of fused-ring (bicyclic) bond motifs is 1. The fraction of sp³-hybridized carbons (Fsp3) is 0.333. The number of carbonyl (C=O) groups excluding carboxylic acids is 1. The van der Waals surface area contributed by atoms with Gasteiger partial charge in [0.15, 0.2) is 15.9 Å². The zero-order valence-corrected chi connectivity index (χ0v) is 17.1. The Morgan fingerprint density at radius 2 is 1.78 bits per heavy atom. The molecule has 27 heavy (non-hydrogen) atoms. The van der Waals surface area contributed by atoms with Gasteiger partial charge in [-0.25, -0.2) is 9.78 Å². The summed E-state index contributed by atoms with van der Waals surface area (Å²) in [6, 6.07) is 7.63. The van der Waals surface area contributed by atoms with Crippen LogP contribution in [0.2, 0.25) is 0 Å². The lowest BCUT2D eigenvalue weighted by Crippen LogP contribution is -2.37. The highest BCUT2D eigenvalue weighted by Crippen LogP contribution is 2.19. The van der Waals surface area contributed by atoms with Gasteiger partial charge in [-0.2, -0.15) is 0 Å². The summed E-state index contributed by atoms with van der Waals surface area (Å²) in [5.41, 5.74) is 1.29. The topological polar surface area (TPSA) is 90.9 Å². The molecule has 0 atom stereocenters. The molecule has 0 spiro atoms. The Kier molecular flexibility index (Phi) is 5.05. The van der Waals surface area contributed by atoms with E-state index in [1.807, 2.05) is 24.3 Å². The van der Waals surface area contributed by atoms with Crippen molar-refractivity contribution in [3.63, 3.8) is 0 Å².